The zero-order valence-corrected chi connectivity index (χ0v) is 18.0. The Balaban J connectivity index is 0.000000166. The average Bonchev–Trinajstić information content (AvgIpc) is 3.33. The molecular weight excluding hydrogens is 440 g/mol. The van der Waals surface area contributed by atoms with Gasteiger partial charge >= 0.3 is 23.3 Å². The van der Waals surface area contributed by atoms with Crippen molar-refractivity contribution in [2.75, 3.05) is 0 Å². The number of imidazole rings is 2. The molecule has 5 aromatic rings. The highest BCUT2D eigenvalue weighted by Gasteiger charge is 2.11. The van der Waals surface area contributed by atoms with E-state index in [0.717, 1.165) is 11.2 Å². The summed E-state index contributed by atoms with van der Waals surface area (Å²) >= 11 is 0. The first kappa shape index (κ1) is 22.3. The van der Waals surface area contributed by atoms with Gasteiger partial charge in [-0.3, -0.25) is 9.13 Å². The van der Waals surface area contributed by atoms with Crippen LogP contribution in [-0.4, -0.2) is 41.3 Å². The Kier molecular flexibility index (Phi) is 5.88. The number of carboxylic acids is 2. The maximum Gasteiger partial charge on any atom is 0.335 e. The lowest BCUT2D eigenvalue weighted by Crippen LogP contribution is -2.14. The summed E-state index contributed by atoms with van der Waals surface area (Å²) in [5, 5.41) is 17.7. The van der Waals surface area contributed by atoms with Gasteiger partial charge in [-0.1, -0.05) is 18.2 Å². The minimum Gasteiger partial charge on any atom is -0.478 e. The van der Waals surface area contributed by atoms with Crippen LogP contribution in [0.4, 0.5) is 0 Å². The van der Waals surface area contributed by atoms with Crippen LogP contribution < -0.4 is 11.4 Å². The highest BCUT2D eigenvalue weighted by molar-refractivity contribution is 5.93. The van der Waals surface area contributed by atoms with Crippen molar-refractivity contribution in [3.63, 3.8) is 0 Å². The van der Waals surface area contributed by atoms with Gasteiger partial charge < -0.3 is 20.2 Å². The van der Waals surface area contributed by atoms with Crippen LogP contribution in [0, 0.1) is 0 Å². The number of para-hydroxylation sites is 1. The number of H-pyrrole nitrogens is 2. The van der Waals surface area contributed by atoms with Crippen molar-refractivity contribution in [2.45, 2.75) is 13.5 Å². The molecule has 10 heteroatoms. The van der Waals surface area contributed by atoms with E-state index in [1.54, 1.807) is 16.7 Å². The van der Waals surface area contributed by atoms with Gasteiger partial charge in [0.2, 0.25) is 0 Å². The standard InChI is InChI=1S/C14H10N2O3.C10H10N2O3/c17-13(18)9-6-7-12-11(8-9)15-14(19)16(12)10-4-2-1-3-5-10;1-2-12-8-4-3-6(9(13)14)5-7(8)11-10(12)15/h1-8H,(H,15,19)(H,17,18);3-5H,2H2,1H3,(H,11,15)(H,13,14). The van der Waals surface area contributed by atoms with Gasteiger partial charge in [-0.15, -0.1) is 0 Å². The molecule has 0 saturated heterocycles. The fourth-order valence-electron chi connectivity index (χ4n) is 3.69. The smallest absolute Gasteiger partial charge is 0.335 e. The van der Waals surface area contributed by atoms with Crippen molar-refractivity contribution in [3.8, 4) is 5.69 Å². The fourth-order valence-corrected chi connectivity index (χ4v) is 3.69. The van der Waals surface area contributed by atoms with E-state index < -0.39 is 11.9 Å². The molecule has 4 N–H and O–H groups in total. The molecule has 0 fully saturated rings. The lowest BCUT2D eigenvalue weighted by atomic mass is 10.2. The maximum absolute atomic E-state index is 12.0. The maximum atomic E-state index is 12.0. The van der Waals surface area contributed by atoms with E-state index in [2.05, 4.69) is 9.97 Å². The molecule has 0 aliphatic heterocycles. The number of aryl methyl sites for hydroxylation is 1. The monoisotopic (exact) mass is 460 g/mol. The van der Waals surface area contributed by atoms with Crippen molar-refractivity contribution in [1.82, 2.24) is 19.1 Å². The lowest BCUT2D eigenvalue weighted by Gasteiger charge is -2.02. The zero-order valence-electron chi connectivity index (χ0n) is 18.0. The molecule has 2 heterocycles. The summed E-state index contributed by atoms with van der Waals surface area (Å²) in [5.74, 6) is -2.02. The number of carboxylic acid groups (broad SMARTS) is 2. The zero-order chi connectivity index (χ0) is 24.4. The first-order valence-electron chi connectivity index (χ1n) is 10.3. The van der Waals surface area contributed by atoms with E-state index in [0.29, 0.717) is 23.1 Å². The van der Waals surface area contributed by atoms with E-state index in [1.165, 1.54) is 28.8 Å². The van der Waals surface area contributed by atoms with Crippen LogP contribution in [0.5, 0.6) is 0 Å². The molecule has 0 radical (unpaired) electrons. The van der Waals surface area contributed by atoms with Gasteiger partial charge in [0.15, 0.2) is 0 Å². The normalized spacial score (nSPS) is 10.7. The van der Waals surface area contributed by atoms with E-state index in [1.807, 2.05) is 37.3 Å². The molecule has 3 aromatic carbocycles. The van der Waals surface area contributed by atoms with Gasteiger partial charge in [0.25, 0.3) is 0 Å². The highest BCUT2D eigenvalue weighted by atomic mass is 16.4. The van der Waals surface area contributed by atoms with Gasteiger partial charge in [-0.2, -0.15) is 0 Å². The van der Waals surface area contributed by atoms with E-state index in [4.69, 9.17) is 10.2 Å². The summed E-state index contributed by atoms with van der Waals surface area (Å²) in [6.07, 6.45) is 0. The average molecular weight is 460 g/mol. The van der Waals surface area contributed by atoms with Crippen molar-refractivity contribution in [3.05, 3.63) is 98.8 Å². The molecule has 5 rings (SSSR count). The number of hydrogen-bond acceptors (Lipinski definition) is 4. The number of rotatable bonds is 4. The Hall–Kier alpha value is -4.86. The van der Waals surface area contributed by atoms with E-state index in [-0.39, 0.29) is 22.5 Å². The Morgan fingerprint density at radius 1 is 0.765 bits per heavy atom. The first-order valence-corrected chi connectivity index (χ1v) is 10.3. The molecule has 0 bridgehead atoms. The predicted molar refractivity (Wildman–Crippen MR) is 126 cm³/mol. The van der Waals surface area contributed by atoms with Gasteiger partial charge in [0.1, 0.15) is 0 Å². The van der Waals surface area contributed by atoms with Crippen LogP contribution in [0.25, 0.3) is 27.8 Å². The number of fused-ring (bicyclic) bond motifs is 2. The van der Waals surface area contributed by atoms with Gasteiger partial charge in [-0.05, 0) is 55.5 Å². The summed E-state index contributed by atoms with van der Waals surface area (Å²) in [6.45, 7) is 2.42. The number of nitrogens with zero attached hydrogens (tertiary/aromatic N) is 2. The Morgan fingerprint density at radius 3 is 1.85 bits per heavy atom. The first-order chi connectivity index (χ1) is 16.3. The van der Waals surface area contributed by atoms with Gasteiger partial charge in [0.05, 0.1) is 38.9 Å². The Bertz CT molecular complexity index is 1640. The molecule has 0 amide bonds. The van der Waals surface area contributed by atoms with E-state index in [9.17, 15) is 19.2 Å². The summed E-state index contributed by atoms with van der Waals surface area (Å²) in [7, 11) is 0. The molecule has 0 spiro atoms. The number of aromatic nitrogens is 4. The second kappa shape index (κ2) is 8.94. The third-order valence-electron chi connectivity index (χ3n) is 5.28. The van der Waals surface area contributed by atoms with Gasteiger partial charge in [0, 0.05) is 6.54 Å². The number of nitrogens with one attached hydrogen (secondary N) is 2. The van der Waals surface area contributed by atoms with Crippen molar-refractivity contribution in [2.24, 2.45) is 0 Å². The van der Waals surface area contributed by atoms with Crippen LogP contribution in [0.1, 0.15) is 27.6 Å². The third kappa shape index (κ3) is 4.11. The van der Waals surface area contributed by atoms with Crippen molar-refractivity contribution >= 4 is 34.0 Å². The largest absolute Gasteiger partial charge is 0.478 e. The molecule has 0 saturated carbocycles. The Labute approximate surface area is 191 Å². The van der Waals surface area contributed by atoms with Crippen molar-refractivity contribution < 1.29 is 19.8 Å². The van der Waals surface area contributed by atoms with Crippen LogP contribution in [0.3, 0.4) is 0 Å². The molecule has 172 valence electrons. The number of carbonyl (C=O) groups is 2. The summed E-state index contributed by atoms with van der Waals surface area (Å²) in [5.41, 5.74) is 3.01. The minimum absolute atomic E-state index is 0.147. The molecule has 10 nitrogen and oxygen atoms in total. The SMILES string of the molecule is CCn1c(=O)[nH]c2cc(C(=O)O)ccc21.O=C(O)c1ccc2c(c1)[nH]c(=O)n2-c1ccccc1. The molecule has 2 aromatic heterocycles. The minimum atomic E-state index is -1.02. The van der Waals surface area contributed by atoms with E-state index >= 15 is 0 Å². The predicted octanol–water partition coefficient (Wildman–Crippen LogP) is 3.06. The molecule has 0 atom stereocenters. The summed E-state index contributed by atoms with van der Waals surface area (Å²) in [4.78, 5) is 50.3. The van der Waals surface area contributed by atoms with Crippen LogP contribution in [0.2, 0.25) is 0 Å². The third-order valence-corrected chi connectivity index (χ3v) is 5.28. The Morgan fingerprint density at radius 2 is 1.29 bits per heavy atom. The number of benzene rings is 3. The van der Waals surface area contributed by atoms with Crippen molar-refractivity contribution in [1.29, 1.82) is 0 Å². The number of aromatic carboxylic acids is 2. The lowest BCUT2D eigenvalue weighted by molar-refractivity contribution is 0.0686. The summed E-state index contributed by atoms with van der Waals surface area (Å²) in [6, 6.07) is 18.3. The topological polar surface area (TPSA) is 150 Å². The quantitative estimate of drug-likeness (QED) is 0.324. The van der Waals surface area contributed by atoms with Gasteiger partial charge in [-0.25, -0.2) is 19.2 Å². The number of aromatic amines is 2. The fraction of sp³-hybridized carbons (Fsp3) is 0.0833. The summed E-state index contributed by atoms with van der Waals surface area (Å²) < 4.78 is 3.07. The molecular formula is C24H20N4O6. The van der Waals surface area contributed by atoms with Crippen LogP contribution >= 0.6 is 0 Å². The van der Waals surface area contributed by atoms with Crippen LogP contribution in [-0.2, 0) is 6.54 Å². The molecule has 34 heavy (non-hydrogen) atoms. The molecule has 0 aliphatic rings. The molecule has 0 aliphatic carbocycles. The number of hydrogen-bond donors (Lipinski definition) is 4. The molecule has 0 unspecified atom stereocenters. The second-order valence-corrected chi connectivity index (χ2v) is 7.35. The second-order valence-electron chi connectivity index (χ2n) is 7.35. The highest BCUT2D eigenvalue weighted by Crippen LogP contribution is 2.17. The van der Waals surface area contributed by atoms with Crippen LogP contribution in [0.15, 0.2) is 76.3 Å².